The zero-order chi connectivity index (χ0) is 32.2. The highest BCUT2D eigenvalue weighted by Gasteiger charge is 2.37. The van der Waals surface area contributed by atoms with Gasteiger partial charge in [0.05, 0.1) is 17.2 Å². The molecule has 1 atom stereocenters. The van der Waals surface area contributed by atoms with Crippen molar-refractivity contribution in [3.05, 3.63) is 93.7 Å². The Labute approximate surface area is 267 Å². The van der Waals surface area contributed by atoms with Crippen LogP contribution >= 0.6 is 0 Å². The van der Waals surface area contributed by atoms with Crippen LogP contribution in [0.3, 0.4) is 0 Å². The Balaban J connectivity index is 1.45. The van der Waals surface area contributed by atoms with E-state index in [0.717, 1.165) is 39.5 Å². The molecule has 2 aliphatic heterocycles. The summed E-state index contributed by atoms with van der Waals surface area (Å²) in [4.78, 5) is 9.78. The lowest BCUT2D eigenvalue weighted by Crippen LogP contribution is -2.27. The van der Waals surface area contributed by atoms with Crippen molar-refractivity contribution in [2.45, 2.75) is 98.4 Å². The Morgan fingerprint density at radius 3 is 2.22 bits per heavy atom. The van der Waals surface area contributed by atoms with Crippen LogP contribution in [0.2, 0.25) is 0 Å². The maximum atomic E-state index is 6.82. The van der Waals surface area contributed by atoms with Crippen molar-refractivity contribution in [2.24, 2.45) is 4.99 Å². The lowest BCUT2D eigenvalue weighted by atomic mass is 9.72. The number of hydrogen-bond acceptors (Lipinski definition) is 4. The van der Waals surface area contributed by atoms with E-state index in [-0.39, 0.29) is 22.3 Å². The number of aromatic nitrogens is 2. The third-order valence-corrected chi connectivity index (χ3v) is 9.63. The van der Waals surface area contributed by atoms with Gasteiger partial charge in [0.2, 0.25) is 5.90 Å². The Hall–Kier alpha value is -4.12. The number of fused-ring (bicyclic) bond motifs is 5. The molecule has 5 aromatic rings. The van der Waals surface area contributed by atoms with Crippen LogP contribution in [0.1, 0.15) is 101 Å². The molecule has 0 N–H and O–H groups in total. The largest absolute Gasteiger partial charge is 0.475 e. The van der Waals surface area contributed by atoms with E-state index < -0.39 is 0 Å². The minimum absolute atomic E-state index is 0.0218. The van der Waals surface area contributed by atoms with E-state index in [1.807, 2.05) is 6.20 Å². The molecule has 3 aromatic carbocycles. The molecule has 45 heavy (non-hydrogen) atoms. The summed E-state index contributed by atoms with van der Waals surface area (Å²) in [7, 11) is 0. The van der Waals surface area contributed by atoms with Gasteiger partial charge in [-0.05, 0) is 101 Å². The molecule has 0 bridgehead atoms. The van der Waals surface area contributed by atoms with Crippen molar-refractivity contribution in [3.63, 3.8) is 0 Å². The Kier molecular flexibility index (Phi) is 6.37. The van der Waals surface area contributed by atoms with Gasteiger partial charge in [-0.1, -0.05) is 61.5 Å². The van der Waals surface area contributed by atoms with Gasteiger partial charge in [-0.25, -0.2) is 9.98 Å². The van der Waals surface area contributed by atoms with Crippen LogP contribution in [0.4, 0.5) is 0 Å². The molecule has 0 saturated carbocycles. The van der Waals surface area contributed by atoms with Crippen molar-refractivity contribution in [3.8, 4) is 17.2 Å². The minimum atomic E-state index is -0.217. The maximum absolute atomic E-state index is 6.82. The van der Waals surface area contributed by atoms with Crippen LogP contribution in [-0.2, 0) is 21.0 Å². The quantitative estimate of drug-likeness (QED) is 0.207. The number of benzene rings is 3. The van der Waals surface area contributed by atoms with Crippen molar-refractivity contribution in [2.75, 3.05) is 6.61 Å². The number of aryl methyl sites for hydroxylation is 2. The van der Waals surface area contributed by atoms with Gasteiger partial charge < -0.3 is 9.47 Å². The normalized spacial score (nSPS) is 17.4. The SMILES string of the molecule is Cc1cnc2c(c1)c1cc(C(C)(C)C)cc3c1n2-c1cc(Oc2cc(C4=N[C@H](C)CO4)cc(C(C)(C)C)c2)c(C)cc1C3(C)C. The van der Waals surface area contributed by atoms with Crippen LogP contribution in [0.15, 0.2) is 59.7 Å². The number of aliphatic imine (C=N–C) groups is 1. The fourth-order valence-electron chi connectivity index (χ4n) is 6.86. The average Bonchev–Trinajstić information content (AvgIpc) is 3.53. The molecule has 5 nitrogen and oxygen atoms in total. The van der Waals surface area contributed by atoms with E-state index in [9.17, 15) is 0 Å². The summed E-state index contributed by atoms with van der Waals surface area (Å²) in [6.45, 7) is 25.2. The molecular weight excluding hydrogens is 554 g/mol. The molecule has 7 rings (SSSR count). The van der Waals surface area contributed by atoms with Gasteiger partial charge in [-0.15, -0.1) is 0 Å². The second kappa shape index (κ2) is 9.69. The van der Waals surface area contributed by atoms with E-state index in [1.54, 1.807) is 0 Å². The Morgan fingerprint density at radius 2 is 1.56 bits per heavy atom. The highest BCUT2D eigenvalue weighted by atomic mass is 16.5. The monoisotopic (exact) mass is 599 g/mol. The molecule has 0 aliphatic carbocycles. The highest BCUT2D eigenvalue weighted by Crippen LogP contribution is 2.50. The molecule has 0 radical (unpaired) electrons. The average molecular weight is 600 g/mol. The zero-order valence-corrected chi connectivity index (χ0v) is 28.6. The molecule has 0 fully saturated rings. The van der Waals surface area contributed by atoms with E-state index in [1.165, 1.54) is 38.5 Å². The first-order chi connectivity index (χ1) is 21.0. The lowest BCUT2D eigenvalue weighted by Gasteiger charge is -2.36. The third kappa shape index (κ3) is 4.74. The molecule has 232 valence electrons. The predicted molar refractivity (Wildman–Crippen MR) is 186 cm³/mol. The molecule has 2 aromatic heterocycles. The minimum Gasteiger partial charge on any atom is -0.475 e. The zero-order valence-electron chi connectivity index (χ0n) is 28.6. The van der Waals surface area contributed by atoms with Gasteiger partial charge in [0, 0.05) is 34.0 Å². The van der Waals surface area contributed by atoms with Gasteiger partial charge in [0.1, 0.15) is 23.8 Å². The Morgan fingerprint density at radius 1 is 0.844 bits per heavy atom. The summed E-state index contributed by atoms with van der Waals surface area (Å²) in [6.07, 6.45) is 1.98. The predicted octanol–water partition coefficient (Wildman–Crippen LogP) is 9.99. The standard InChI is InChI=1S/C40H45N3O2/c1-22-12-30-29-17-27(39(7,8)9)18-32-35(29)43(36(30)41-20-22)33-19-34(23(2)13-31(33)40(32,10)11)45-28-15-25(37-42-24(3)21-44-37)14-26(16-28)38(4,5)6/h12-20,24H,21H2,1-11H3/t24-/m1/s1. The van der Waals surface area contributed by atoms with Gasteiger partial charge in [0.15, 0.2) is 0 Å². The summed E-state index contributed by atoms with van der Waals surface area (Å²) in [5.41, 5.74) is 11.4. The summed E-state index contributed by atoms with van der Waals surface area (Å²) < 4.78 is 15.2. The molecule has 5 heteroatoms. The number of pyridine rings is 1. The van der Waals surface area contributed by atoms with Gasteiger partial charge >= 0.3 is 0 Å². The van der Waals surface area contributed by atoms with Gasteiger partial charge in [-0.3, -0.25) is 4.57 Å². The van der Waals surface area contributed by atoms with E-state index in [0.29, 0.717) is 12.5 Å². The van der Waals surface area contributed by atoms with Gasteiger partial charge in [0.25, 0.3) is 0 Å². The van der Waals surface area contributed by atoms with E-state index >= 15 is 0 Å². The molecule has 0 unspecified atom stereocenters. The number of ether oxygens (including phenoxy) is 2. The van der Waals surface area contributed by atoms with Crippen LogP contribution in [0.25, 0.3) is 27.6 Å². The first kappa shape index (κ1) is 29.6. The molecular formula is C40H45N3O2. The smallest absolute Gasteiger partial charge is 0.216 e. The first-order valence-corrected chi connectivity index (χ1v) is 16.2. The molecule has 0 spiro atoms. The first-order valence-electron chi connectivity index (χ1n) is 16.2. The fourth-order valence-corrected chi connectivity index (χ4v) is 6.86. The number of rotatable bonds is 3. The third-order valence-electron chi connectivity index (χ3n) is 9.63. The summed E-state index contributed by atoms with van der Waals surface area (Å²) in [5.74, 6) is 2.31. The molecule has 0 saturated heterocycles. The molecule has 0 amide bonds. The highest BCUT2D eigenvalue weighted by molar-refractivity contribution is 6.11. The summed E-state index contributed by atoms with van der Waals surface area (Å²) in [5, 5.41) is 2.46. The number of hydrogen-bond donors (Lipinski definition) is 0. The van der Waals surface area contributed by atoms with Crippen molar-refractivity contribution >= 4 is 27.8 Å². The van der Waals surface area contributed by atoms with Crippen LogP contribution in [-0.4, -0.2) is 28.1 Å². The van der Waals surface area contributed by atoms with Crippen molar-refractivity contribution in [1.29, 1.82) is 0 Å². The van der Waals surface area contributed by atoms with Crippen molar-refractivity contribution in [1.82, 2.24) is 9.55 Å². The fraction of sp³-hybridized carbons (Fsp3) is 0.400. The van der Waals surface area contributed by atoms with Crippen molar-refractivity contribution < 1.29 is 9.47 Å². The van der Waals surface area contributed by atoms with Gasteiger partial charge in [-0.2, -0.15) is 0 Å². The summed E-state index contributed by atoms with van der Waals surface area (Å²) >= 11 is 0. The second-order valence-corrected chi connectivity index (χ2v) is 15.8. The maximum Gasteiger partial charge on any atom is 0.216 e. The van der Waals surface area contributed by atoms with Crippen LogP contribution in [0.5, 0.6) is 11.5 Å². The summed E-state index contributed by atoms with van der Waals surface area (Å²) in [6, 6.07) is 18.2. The van der Waals surface area contributed by atoms with E-state index in [4.69, 9.17) is 19.5 Å². The Bertz CT molecular complexity index is 2060. The van der Waals surface area contributed by atoms with Crippen LogP contribution < -0.4 is 4.74 Å². The lowest BCUT2D eigenvalue weighted by molar-refractivity contribution is 0.324. The number of nitrogens with zero attached hydrogens (tertiary/aromatic N) is 3. The van der Waals surface area contributed by atoms with Crippen LogP contribution in [0, 0.1) is 13.8 Å². The topological polar surface area (TPSA) is 48.6 Å². The molecule has 2 aliphatic rings. The molecule has 4 heterocycles. The van der Waals surface area contributed by atoms with E-state index in [2.05, 4.69) is 129 Å². The second-order valence-electron chi connectivity index (χ2n) is 15.8.